The van der Waals surface area contributed by atoms with E-state index in [0.717, 1.165) is 12.8 Å². The van der Waals surface area contributed by atoms with Crippen molar-refractivity contribution in [3.05, 3.63) is 0 Å². The van der Waals surface area contributed by atoms with Crippen molar-refractivity contribution in [3.63, 3.8) is 0 Å². The summed E-state index contributed by atoms with van der Waals surface area (Å²) in [6.45, 7) is 6.00. The van der Waals surface area contributed by atoms with Crippen molar-refractivity contribution >= 4 is 12.1 Å². The van der Waals surface area contributed by atoms with Gasteiger partial charge in [-0.15, -0.1) is 5.92 Å². The van der Waals surface area contributed by atoms with Gasteiger partial charge in [-0.2, -0.15) is 0 Å². The largest absolute Gasteiger partial charge is 0.464 e. The van der Waals surface area contributed by atoms with Crippen LogP contribution in [0.3, 0.4) is 0 Å². The smallest absolute Gasteiger partial charge is 0.411 e. The van der Waals surface area contributed by atoms with Crippen molar-refractivity contribution in [1.82, 2.24) is 4.90 Å². The molecule has 0 aliphatic rings. The Bertz CT molecular complexity index is 467. The molecule has 0 N–H and O–H groups in total. The van der Waals surface area contributed by atoms with E-state index in [4.69, 9.17) is 9.47 Å². The van der Waals surface area contributed by atoms with E-state index in [1.165, 1.54) is 76.2 Å². The van der Waals surface area contributed by atoms with E-state index < -0.39 is 18.1 Å². The normalized spacial score (nSPS) is 11.3. The van der Waals surface area contributed by atoms with Crippen molar-refractivity contribution in [2.24, 2.45) is 0 Å². The van der Waals surface area contributed by atoms with Crippen LogP contribution in [0.25, 0.3) is 0 Å². The third kappa shape index (κ3) is 14.4. The Kier molecular flexibility index (Phi) is 17.5. The first-order valence-corrected chi connectivity index (χ1v) is 11.0. The van der Waals surface area contributed by atoms with Gasteiger partial charge in [-0.25, -0.2) is 9.59 Å². The van der Waals surface area contributed by atoms with Crippen LogP contribution in [0.1, 0.15) is 97.8 Å². The maximum atomic E-state index is 12.0. The minimum Gasteiger partial charge on any atom is -0.464 e. The lowest BCUT2D eigenvalue weighted by molar-refractivity contribution is -0.148. The van der Waals surface area contributed by atoms with Crippen LogP contribution in [0.15, 0.2) is 0 Å². The summed E-state index contributed by atoms with van der Waals surface area (Å²) in [6.07, 6.45) is 14.7. The van der Waals surface area contributed by atoms with Gasteiger partial charge in [0.1, 0.15) is 6.04 Å². The molecule has 1 unspecified atom stereocenters. The summed E-state index contributed by atoms with van der Waals surface area (Å²) in [6, 6.07) is -0.667. The molecule has 0 aromatic carbocycles. The third-order valence-corrected chi connectivity index (χ3v) is 4.90. The lowest BCUT2D eigenvalue weighted by atomic mass is 10.1. The summed E-state index contributed by atoms with van der Waals surface area (Å²) in [5.74, 6) is 4.89. The SMILES string of the molecule is CC#CCOC(=O)N(C)C(C)C(=O)OCCCCCCCCCCCCCC. The molecular formula is C23H41NO4. The van der Waals surface area contributed by atoms with Crippen LogP contribution in [0, 0.1) is 11.8 Å². The first-order valence-electron chi connectivity index (χ1n) is 11.0. The average molecular weight is 396 g/mol. The van der Waals surface area contributed by atoms with Crippen molar-refractivity contribution in [3.8, 4) is 11.8 Å². The van der Waals surface area contributed by atoms with Gasteiger partial charge in [-0.05, 0) is 20.3 Å². The van der Waals surface area contributed by atoms with Gasteiger partial charge in [0.05, 0.1) is 6.61 Å². The molecule has 28 heavy (non-hydrogen) atoms. The zero-order valence-corrected chi connectivity index (χ0v) is 18.6. The molecular weight excluding hydrogens is 354 g/mol. The molecule has 0 radical (unpaired) electrons. The quantitative estimate of drug-likeness (QED) is 0.191. The zero-order chi connectivity index (χ0) is 21.0. The van der Waals surface area contributed by atoms with E-state index in [-0.39, 0.29) is 6.61 Å². The molecule has 162 valence electrons. The van der Waals surface area contributed by atoms with E-state index >= 15 is 0 Å². The van der Waals surface area contributed by atoms with E-state index in [2.05, 4.69) is 18.8 Å². The summed E-state index contributed by atoms with van der Waals surface area (Å²) < 4.78 is 10.2. The summed E-state index contributed by atoms with van der Waals surface area (Å²) in [4.78, 5) is 25.0. The highest BCUT2D eigenvalue weighted by atomic mass is 16.6. The van der Waals surface area contributed by atoms with Crippen LogP contribution in [-0.2, 0) is 14.3 Å². The minimum atomic E-state index is -0.667. The fraction of sp³-hybridized carbons (Fsp3) is 0.826. The molecule has 1 amide bonds. The average Bonchev–Trinajstić information content (AvgIpc) is 2.70. The van der Waals surface area contributed by atoms with Crippen LogP contribution >= 0.6 is 0 Å². The molecule has 0 heterocycles. The molecule has 0 spiro atoms. The molecule has 0 bridgehead atoms. The molecule has 0 aromatic heterocycles. The van der Waals surface area contributed by atoms with Crippen LogP contribution in [0.4, 0.5) is 4.79 Å². The molecule has 0 fully saturated rings. The van der Waals surface area contributed by atoms with Gasteiger partial charge in [0.15, 0.2) is 6.61 Å². The Balaban J connectivity index is 3.60. The second-order valence-corrected chi connectivity index (χ2v) is 7.32. The molecule has 5 nitrogen and oxygen atoms in total. The van der Waals surface area contributed by atoms with Crippen molar-refractivity contribution in [2.45, 2.75) is 104 Å². The summed E-state index contributed by atoms with van der Waals surface area (Å²) in [5.41, 5.74) is 0. The summed E-state index contributed by atoms with van der Waals surface area (Å²) >= 11 is 0. The fourth-order valence-electron chi connectivity index (χ4n) is 2.82. The third-order valence-electron chi connectivity index (χ3n) is 4.90. The molecule has 0 aromatic rings. The Labute approximate surface area is 172 Å². The van der Waals surface area contributed by atoms with Gasteiger partial charge in [-0.3, -0.25) is 4.90 Å². The number of rotatable bonds is 16. The Morgan fingerprint density at radius 1 is 0.857 bits per heavy atom. The first kappa shape index (κ1) is 26.3. The van der Waals surface area contributed by atoms with Crippen molar-refractivity contribution in [2.75, 3.05) is 20.3 Å². The second kappa shape index (κ2) is 18.7. The van der Waals surface area contributed by atoms with Crippen molar-refractivity contribution < 1.29 is 19.1 Å². The molecule has 1 atom stereocenters. The van der Waals surface area contributed by atoms with Crippen molar-refractivity contribution in [1.29, 1.82) is 0 Å². The molecule has 0 rings (SSSR count). The fourth-order valence-corrected chi connectivity index (χ4v) is 2.82. The zero-order valence-electron chi connectivity index (χ0n) is 18.6. The number of ether oxygens (including phenoxy) is 2. The van der Waals surface area contributed by atoms with E-state index in [1.807, 2.05) is 0 Å². The number of unbranched alkanes of at least 4 members (excludes halogenated alkanes) is 11. The molecule has 0 saturated heterocycles. The topological polar surface area (TPSA) is 55.8 Å². The number of amides is 1. The highest BCUT2D eigenvalue weighted by Crippen LogP contribution is 2.12. The van der Waals surface area contributed by atoms with Crippen LogP contribution in [0.5, 0.6) is 0 Å². The summed E-state index contributed by atoms with van der Waals surface area (Å²) in [7, 11) is 1.53. The van der Waals surface area contributed by atoms with Gasteiger partial charge in [-0.1, -0.05) is 83.5 Å². The maximum Gasteiger partial charge on any atom is 0.411 e. The predicted octanol–water partition coefficient (Wildman–Crippen LogP) is 5.71. The first-order chi connectivity index (χ1) is 13.5. The van der Waals surface area contributed by atoms with Gasteiger partial charge in [0.2, 0.25) is 0 Å². The number of nitrogens with zero attached hydrogens (tertiary/aromatic N) is 1. The Morgan fingerprint density at radius 2 is 1.36 bits per heavy atom. The number of hydrogen-bond donors (Lipinski definition) is 0. The van der Waals surface area contributed by atoms with Crippen LogP contribution in [0.2, 0.25) is 0 Å². The maximum absolute atomic E-state index is 12.0. The molecule has 5 heteroatoms. The molecule has 0 aliphatic heterocycles. The monoisotopic (exact) mass is 395 g/mol. The van der Waals surface area contributed by atoms with E-state index in [9.17, 15) is 9.59 Å². The number of hydrogen-bond acceptors (Lipinski definition) is 4. The lowest BCUT2D eigenvalue weighted by Gasteiger charge is -2.22. The predicted molar refractivity (Wildman–Crippen MR) is 114 cm³/mol. The van der Waals surface area contributed by atoms with Gasteiger partial charge in [0.25, 0.3) is 0 Å². The molecule has 0 saturated carbocycles. The Hall–Kier alpha value is -1.70. The van der Waals surface area contributed by atoms with Crippen LogP contribution in [-0.4, -0.2) is 43.3 Å². The van der Waals surface area contributed by atoms with E-state index in [1.54, 1.807) is 13.8 Å². The van der Waals surface area contributed by atoms with Gasteiger partial charge >= 0.3 is 12.1 Å². The standard InChI is InChI=1S/C23H41NO4/c1-5-7-9-10-11-12-13-14-15-16-17-18-20-27-22(25)21(3)24(4)23(26)28-19-8-6-2/h21H,5,7,9-20H2,1-4H3. The molecule has 0 aliphatic carbocycles. The van der Waals surface area contributed by atoms with Gasteiger partial charge < -0.3 is 9.47 Å². The highest BCUT2D eigenvalue weighted by Gasteiger charge is 2.24. The minimum absolute atomic E-state index is 0.0281. The van der Waals surface area contributed by atoms with Crippen LogP contribution < -0.4 is 0 Å². The summed E-state index contributed by atoms with van der Waals surface area (Å²) in [5, 5.41) is 0. The van der Waals surface area contributed by atoms with Gasteiger partial charge in [0, 0.05) is 7.05 Å². The number of esters is 1. The number of likely N-dealkylation sites (N-methyl/N-ethyl adjacent to an activating group) is 1. The number of carbonyl (C=O) groups excluding carboxylic acids is 2. The second-order valence-electron chi connectivity index (χ2n) is 7.32. The lowest BCUT2D eigenvalue weighted by Crippen LogP contribution is -2.41. The van der Waals surface area contributed by atoms with E-state index in [0.29, 0.717) is 6.61 Å². The number of carbonyl (C=O) groups is 2. The highest BCUT2D eigenvalue weighted by molar-refractivity contribution is 5.80. The Morgan fingerprint density at radius 3 is 1.86 bits per heavy atom.